The Hall–Kier alpha value is -5.12. The number of aryl methyl sites for hydroxylation is 2. The minimum Gasteiger partial charge on any atom is -0.493 e. The molecule has 7 rings (SSSR count). The van der Waals surface area contributed by atoms with Crippen molar-refractivity contribution < 1.29 is 14.3 Å². The molecule has 10 nitrogen and oxygen atoms in total. The maximum Gasteiger partial charge on any atom is 0.332 e. The Bertz CT molecular complexity index is 2200. The minimum atomic E-state index is -0.474. The van der Waals surface area contributed by atoms with E-state index in [0.29, 0.717) is 17.9 Å². The van der Waals surface area contributed by atoms with Gasteiger partial charge in [-0.05, 0) is 51.9 Å². The lowest BCUT2D eigenvalue weighted by Crippen LogP contribution is -2.37. The van der Waals surface area contributed by atoms with Crippen molar-refractivity contribution >= 4 is 39.0 Å². The molecule has 3 aromatic carbocycles. The highest BCUT2D eigenvalue weighted by atomic mass is 16.5. The van der Waals surface area contributed by atoms with Gasteiger partial charge in [0.05, 0.1) is 13.2 Å². The maximum absolute atomic E-state index is 13.8. The zero-order valence-corrected chi connectivity index (χ0v) is 25.5. The number of imidazole rings is 1. The average Bonchev–Trinajstić information content (AvgIpc) is 3.33. The highest BCUT2D eigenvalue weighted by molar-refractivity contribution is 6.12. The molecule has 1 atom stereocenters. The molecule has 5 aromatic rings. The first-order valence-corrected chi connectivity index (χ1v) is 14.5. The van der Waals surface area contributed by atoms with E-state index < -0.39 is 11.2 Å². The van der Waals surface area contributed by atoms with Gasteiger partial charge in [0.2, 0.25) is 0 Å². The van der Waals surface area contributed by atoms with Crippen LogP contribution in [0.5, 0.6) is 17.5 Å². The summed E-state index contributed by atoms with van der Waals surface area (Å²) in [6, 6.07) is 17.8. The number of carbonyl (C=O) groups is 1. The fraction of sp³-hybridized carbons (Fsp3) is 0.294. The Morgan fingerprint density at radius 2 is 1.68 bits per heavy atom. The van der Waals surface area contributed by atoms with E-state index in [2.05, 4.69) is 48.4 Å². The Labute approximate surface area is 253 Å². The normalized spacial score (nSPS) is 17.4. The summed E-state index contributed by atoms with van der Waals surface area (Å²) in [5.41, 5.74) is 4.21. The van der Waals surface area contributed by atoms with Crippen LogP contribution in [0.4, 0.5) is 5.69 Å². The number of anilines is 1. The predicted octanol–water partition coefficient (Wildman–Crippen LogP) is 5.23. The number of allylic oxidation sites excluding steroid dienone is 1. The van der Waals surface area contributed by atoms with Crippen LogP contribution in [0.25, 0.3) is 27.5 Å². The minimum absolute atomic E-state index is 0.135. The van der Waals surface area contributed by atoms with E-state index in [4.69, 9.17) is 9.47 Å². The molecule has 2 aliphatic rings. The molecule has 224 valence electrons. The summed E-state index contributed by atoms with van der Waals surface area (Å²) < 4.78 is 15.8. The fourth-order valence-electron chi connectivity index (χ4n) is 6.72. The molecule has 0 saturated carbocycles. The van der Waals surface area contributed by atoms with Crippen LogP contribution in [0.15, 0.2) is 69.8 Å². The van der Waals surface area contributed by atoms with E-state index in [-0.39, 0.29) is 34.4 Å². The van der Waals surface area contributed by atoms with Gasteiger partial charge in [-0.2, -0.15) is 4.98 Å². The average molecular weight is 592 g/mol. The van der Waals surface area contributed by atoms with Gasteiger partial charge < -0.3 is 14.8 Å². The Morgan fingerprint density at radius 3 is 2.45 bits per heavy atom. The molecular weight excluding hydrogens is 558 g/mol. The number of hydrogen-bond acceptors (Lipinski definition) is 7. The van der Waals surface area contributed by atoms with E-state index in [1.54, 1.807) is 27.3 Å². The summed E-state index contributed by atoms with van der Waals surface area (Å²) in [5.74, 6) is 0.954. The molecule has 3 heterocycles. The fourth-order valence-corrected chi connectivity index (χ4v) is 6.72. The third kappa shape index (κ3) is 4.08. The van der Waals surface area contributed by atoms with Crippen LogP contribution in [0.2, 0.25) is 0 Å². The van der Waals surface area contributed by atoms with Crippen LogP contribution in [0.1, 0.15) is 43.9 Å². The molecule has 0 radical (unpaired) electrons. The van der Waals surface area contributed by atoms with Crippen molar-refractivity contribution in [2.45, 2.75) is 32.7 Å². The summed E-state index contributed by atoms with van der Waals surface area (Å²) in [7, 11) is 6.20. The number of benzene rings is 3. The number of methoxy groups -OCH3 is 1. The molecule has 44 heavy (non-hydrogen) atoms. The van der Waals surface area contributed by atoms with Crippen molar-refractivity contribution in [3.8, 4) is 17.5 Å². The molecule has 0 bridgehead atoms. The van der Waals surface area contributed by atoms with Crippen molar-refractivity contribution in [2.24, 2.45) is 26.6 Å². The number of fused-ring (bicyclic) bond motifs is 5. The second-order valence-corrected chi connectivity index (χ2v) is 12.5. The number of ether oxygens (including phenoxy) is 2. The SMILES string of the molecule is COc1cc([C@@H]2Nc3ccc4ccccc4c3C3=C2C(=O)CC(C)(C)C3)ccc1Oc1nc2c(c(=O)n(C)c(=O)n2C)n1C. The molecule has 0 unspecified atom stereocenters. The first kappa shape index (κ1) is 27.7. The predicted molar refractivity (Wildman–Crippen MR) is 170 cm³/mol. The zero-order chi connectivity index (χ0) is 31.1. The Morgan fingerprint density at radius 1 is 0.909 bits per heavy atom. The van der Waals surface area contributed by atoms with Gasteiger partial charge in [0.25, 0.3) is 5.56 Å². The molecule has 1 aliphatic carbocycles. The first-order chi connectivity index (χ1) is 21.0. The van der Waals surface area contributed by atoms with Gasteiger partial charge in [-0.1, -0.05) is 50.2 Å². The van der Waals surface area contributed by atoms with Crippen LogP contribution in [0, 0.1) is 5.41 Å². The standard InChI is InChI=1S/C34H33N5O5/c1-34(2)16-21-26-20-10-8-7-9-18(20)11-13-22(26)35-28(27(21)23(40)17-34)19-12-14-24(25(15-19)43-6)44-32-36-30-29(37(32)3)31(41)39(5)33(42)38(30)4/h7-15,28,35H,16-17H2,1-6H3/t28-/m0/s1. The molecule has 1 N–H and O–H groups in total. The van der Waals surface area contributed by atoms with Crippen molar-refractivity contribution in [2.75, 3.05) is 12.4 Å². The number of Topliss-reactive ketones (excluding diaryl/α,β-unsaturated/α-hetero) is 1. The number of hydrogen-bond donors (Lipinski definition) is 1. The van der Waals surface area contributed by atoms with Crippen LogP contribution in [0.3, 0.4) is 0 Å². The number of aromatic nitrogens is 4. The van der Waals surface area contributed by atoms with Gasteiger partial charge in [-0.15, -0.1) is 0 Å². The molecule has 0 spiro atoms. The number of ketones is 1. The topological polar surface area (TPSA) is 109 Å². The van der Waals surface area contributed by atoms with Gasteiger partial charge in [-0.25, -0.2) is 4.79 Å². The Kier molecular flexibility index (Phi) is 6.11. The van der Waals surface area contributed by atoms with Gasteiger partial charge >= 0.3 is 11.7 Å². The quantitative estimate of drug-likeness (QED) is 0.305. The van der Waals surface area contributed by atoms with E-state index in [0.717, 1.165) is 49.7 Å². The number of nitrogens with one attached hydrogen (secondary N) is 1. The molecule has 10 heteroatoms. The number of carbonyl (C=O) groups excluding carboxylic acids is 1. The highest BCUT2D eigenvalue weighted by Gasteiger charge is 2.41. The molecular formula is C34H33N5O5. The smallest absolute Gasteiger partial charge is 0.332 e. The molecule has 0 fully saturated rings. The molecule has 2 aromatic heterocycles. The first-order valence-electron chi connectivity index (χ1n) is 14.5. The largest absolute Gasteiger partial charge is 0.493 e. The van der Waals surface area contributed by atoms with E-state index >= 15 is 0 Å². The van der Waals surface area contributed by atoms with Crippen molar-refractivity contribution in [3.05, 3.63) is 92.1 Å². The monoisotopic (exact) mass is 591 g/mol. The third-order valence-corrected chi connectivity index (χ3v) is 8.90. The van der Waals surface area contributed by atoms with Gasteiger partial charge in [0.15, 0.2) is 28.4 Å². The second kappa shape index (κ2) is 9.70. The van der Waals surface area contributed by atoms with E-state index in [9.17, 15) is 14.4 Å². The van der Waals surface area contributed by atoms with Crippen LogP contribution in [-0.4, -0.2) is 31.6 Å². The lowest BCUT2D eigenvalue weighted by atomic mass is 9.68. The van der Waals surface area contributed by atoms with Crippen LogP contribution < -0.4 is 26.0 Å². The van der Waals surface area contributed by atoms with Crippen LogP contribution >= 0.6 is 0 Å². The summed E-state index contributed by atoms with van der Waals surface area (Å²) in [6.07, 6.45) is 1.26. The van der Waals surface area contributed by atoms with Gasteiger partial charge in [-0.3, -0.25) is 23.3 Å². The summed E-state index contributed by atoms with van der Waals surface area (Å²) in [6.45, 7) is 4.31. The molecule has 0 saturated heterocycles. The number of nitrogens with zero attached hydrogens (tertiary/aromatic N) is 4. The highest BCUT2D eigenvalue weighted by Crippen LogP contribution is 2.52. The van der Waals surface area contributed by atoms with E-state index in [1.165, 1.54) is 16.2 Å². The van der Waals surface area contributed by atoms with Crippen LogP contribution in [-0.2, 0) is 25.9 Å². The van der Waals surface area contributed by atoms with Gasteiger partial charge in [0.1, 0.15) is 0 Å². The van der Waals surface area contributed by atoms with Crippen molar-refractivity contribution in [1.82, 2.24) is 18.7 Å². The second-order valence-electron chi connectivity index (χ2n) is 12.5. The summed E-state index contributed by atoms with van der Waals surface area (Å²) in [5, 5.41) is 5.94. The Balaban J connectivity index is 1.33. The lowest BCUT2D eigenvalue weighted by Gasteiger charge is -2.40. The van der Waals surface area contributed by atoms with E-state index in [1.807, 2.05) is 24.3 Å². The molecule has 1 aliphatic heterocycles. The summed E-state index contributed by atoms with van der Waals surface area (Å²) >= 11 is 0. The summed E-state index contributed by atoms with van der Waals surface area (Å²) in [4.78, 5) is 43.6. The molecule has 0 amide bonds. The lowest BCUT2D eigenvalue weighted by molar-refractivity contribution is -0.118. The van der Waals surface area contributed by atoms with Crippen molar-refractivity contribution in [1.29, 1.82) is 0 Å². The van der Waals surface area contributed by atoms with Crippen molar-refractivity contribution in [3.63, 3.8) is 0 Å². The third-order valence-electron chi connectivity index (χ3n) is 8.90. The zero-order valence-electron chi connectivity index (χ0n) is 25.5. The van der Waals surface area contributed by atoms with Gasteiger partial charge in [0, 0.05) is 44.4 Å². The maximum atomic E-state index is 13.8. The number of rotatable bonds is 4.